The van der Waals surface area contributed by atoms with Crippen LogP contribution in [0.2, 0.25) is 0 Å². The molecule has 1 rings (SSSR count). The summed E-state index contributed by atoms with van der Waals surface area (Å²) in [4.78, 5) is 11.5. The normalized spacial score (nSPS) is 27.9. The molecule has 0 aromatic rings. The number of hydrogen-bond acceptors (Lipinski definition) is 2. The van der Waals surface area contributed by atoms with Crippen molar-refractivity contribution in [3.63, 3.8) is 0 Å². The molecule has 2 atom stereocenters. The van der Waals surface area contributed by atoms with Crippen LogP contribution in [0, 0.1) is 17.3 Å². The first-order valence-electron chi connectivity index (χ1n) is 5.54. The summed E-state index contributed by atoms with van der Waals surface area (Å²) in [7, 11) is 0. The van der Waals surface area contributed by atoms with Crippen LogP contribution in [0.25, 0.3) is 0 Å². The van der Waals surface area contributed by atoms with E-state index < -0.39 is 0 Å². The fraction of sp³-hybridized carbons (Fsp3) is 0.917. The van der Waals surface area contributed by atoms with Crippen molar-refractivity contribution in [1.29, 1.82) is 0 Å². The molecule has 1 heterocycles. The second kappa shape index (κ2) is 3.92. The number of hydrogen-bond donors (Lipinski definition) is 0. The van der Waals surface area contributed by atoms with E-state index in [2.05, 4.69) is 20.8 Å². The quantitative estimate of drug-likeness (QED) is 0.652. The van der Waals surface area contributed by atoms with Gasteiger partial charge in [0.1, 0.15) is 6.10 Å². The number of cyclic esters (lactones) is 1. The van der Waals surface area contributed by atoms with Crippen LogP contribution in [0.5, 0.6) is 0 Å². The Balaban J connectivity index is 2.53. The molecule has 1 aliphatic heterocycles. The molecule has 1 aliphatic rings. The van der Waals surface area contributed by atoms with Crippen LogP contribution in [-0.4, -0.2) is 12.1 Å². The number of rotatable bonds is 3. The van der Waals surface area contributed by atoms with Crippen molar-refractivity contribution in [2.75, 3.05) is 0 Å². The van der Waals surface area contributed by atoms with E-state index in [9.17, 15) is 4.79 Å². The zero-order valence-corrected chi connectivity index (χ0v) is 9.96. The molecule has 0 aliphatic carbocycles. The van der Waals surface area contributed by atoms with Gasteiger partial charge in [0, 0.05) is 6.42 Å². The first-order valence-corrected chi connectivity index (χ1v) is 5.54. The van der Waals surface area contributed by atoms with E-state index in [0.717, 1.165) is 12.8 Å². The molecule has 2 heteroatoms. The summed E-state index contributed by atoms with van der Waals surface area (Å²) in [5.41, 5.74) is -0.268. The molecule has 2 unspecified atom stereocenters. The van der Waals surface area contributed by atoms with E-state index in [0.29, 0.717) is 11.8 Å². The van der Waals surface area contributed by atoms with Crippen molar-refractivity contribution in [1.82, 2.24) is 0 Å². The molecule has 0 aromatic carbocycles. The Bertz CT molecular complexity index is 218. The van der Waals surface area contributed by atoms with Gasteiger partial charge < -0.3 is 4.74 Å². The predicted molar refractivity (Wildman–Crippen MR) is 56.9 cm³/mol. The van der Waals surface area contributed by atoms with E-state index in [4.69, 9.17) is 4.74 Å². The molecule has 0 bridgehead atoms. The maximum Gasteiger partial charge on any atom is 0.311 e. The lowest BCUT2D eigenvalue weighted by molar-refractivity contribution is -0.148. The molecule has 1 fully saturated rings. The number of carbonyl (C=O) groups is 1. The number of ether oxygens (including phenoxy) is 1. The van der Waals surface area contributed by atoms with Gasteiger partial charge in [-0.15, -0.1) is 0 Å². The zero-order valence-electron chi connectivity index (χ0n) is 9.96. The van der Waals surface area contributed by atoms with Crippen LogP contribution in [0.3, 0.4) is 0 Å². The third-order valence-corrected chi connectivity index (χ3v) is 3.00. The second-order valence-corrected chi connectivity index (χ2v) is 5.64. The van der Waals surface area contributed by atoms with E-state index in [1.54, 1.807) is 0 Å². The maximum absolute atomic E-state index is 11.5. The molecular weight excluding hydrogens is 176 g/mol. The highest BCUT2D eigenvalue weighted by Crippen LogP contribution is 2.37. The van der Waals surface area contributed by atoms with Crippen molar-refractivity contribution in [2.24, 2.45) is 17.3 Å². The Morgan fingerprint density at radius 2 is 2.00 bits per heavy atom. The highest BCUT2D eigenvalue weighted by atomic mass is 16.6. The van der Waals surface area contributed by atoms with Crippen LogP contribution in [-0.2, 0) is 9.53 Å². The first-order chi connectivity index (χ1) is 6.33. The van der Waals surface area contributed by atoms with Gasteiger partial charge in [0.25, 0.3) is 0 Å². The van der Waals surface area contributed by atoms with Crippen molar-refractivity contribution in [2.45, 2.75) is 53.6 Å². The average Bonchev–Trinajstić information content (AvgIpc) is 2.25. The summed E-state index contributed by atoms with van der Waals surface area (Å²) in [6.07, 6.45) is 2.15. The minimum atomic E-state index is -0.268. The van der Waals surface area contributed by atoms with Crippen LogP contribution >= 0.6 is 0 Å². The van der Waals surface area contributed by atoms with Gasteiger partial charge in [0.2, 0.25) is 0 Å². The average molecular weight is 198 g/mol. The monoisotopic (exact) mass is 198 g/mol. The fourth-order valence-corrected chi connectivity index (χ4v) is 2.14. The SMILES string of the molecule is CC(C)CC(C)C1CC(C)(C)C(=O)O1. The molecular formula is C12H22O2. The molecule has 82 valence electrons. The van der Waals surface area contributed by atoms with Gasteiger partial charge in [-0.25, -0.2) is 0 Å². The standard InChI is InChI=1S/C12H22O2/c1-8(2)6-9(3)10-7-12(4,5)11(13)14-10/h8-10H,6-7H2,1-5H3. The van der Waals surface area contributed by atoms with Gasteiger partial charge in [-0.1, -0.05) is 20.8 Å². The lowest BCUT2D eigenvalue weighted by Crippen LogP contribution is -2.19. The number of esters is 1. The zero-order chi connectivity index (χ0) is 10.9. The third kappa shape index (κ3) is 2.49. The Hall–Kier alpha value is -0.530. The molecule has 0 saturated carbocycles. The van der Waals surface area contributed by atoms with E-state index in [1.165, 1.54) is 0 Å². The first kappa shape index (κ1) is 11.5. The minimum Gasteiger partial charge on any atom is -0.462 e. The van der Waals surface area contributed by atoms with Gasteiger partial charge in [-0.05, 0) is 32.1 Å². The highest BCUT2D eigenvalue weighted by molar-refractivity contribution is 5.78. The second-order valence-electron chi connectivity index (χ2n) is 5.64. The van der Waals surface area contributed by atoms with Crippen molar-refractivity contribution in [3.05, 3.63) is 0 Å². The Morgan fingerprint density at radius 1 is 1.43 bits per heavy atom. The Kier molecular flexibility index (Phi) is 3.23. The molecule has 0 aromatic heterocycles. The highest BCUT2D eigenvalue weighted by Gasteiger charge is 2.43. The van der Waals surface area contributed by atoms with E-state index >= 15 is 0 Å². The van der Waals surface area contributed by atoms with Crippen molar-refractivity contribution in [3.8, 4) is 0 Å². The van der Waals surface area contributed by atoms with E-state index in [1.807, 2.05) is 13.8 Å². The van der Waals surface area contributed by atoms with Gasteiger partial charge in [-0.2, -0.15) is 0 Å². The summed E-state index contributed by atoms with van der Waals surface area (Å²) in [6, 6.07) is 0. The van der Waals surface area contributed by atoms with E-state index in [-0.39, 0.29) is 17.5 Å². The van der Waals surface area contributed by atoms with Crippen LogP contribution in [0.15, 0.2) is 0 Å². The van der Waals surface area contributed by atoms with Crippen molar-refractivity contribution >= 4 is 5.97 Å². The molecule has 1 saturated heterocycles. The van der Waals surface area contributed by atoms with Gasteiger partial charge in [-0.3, -0.25) is 4.79 Å². The summed E-state index contributed by atoms with van der Waals surface area (Å²) < 4.78 is 5.40. The lowest BCUT2D eigenvalue weighted by Gasteiger charge is -2.20. The molecule has 0 N–H and O–H groups in total. The molecule has 14 heavy (non-hydrogen) atoms. The molecule has 2 nitrogen and oxygen atoms in total. The summed E-state index contributed by atoms with van der Waals surface area (Å²) in [5.74, 6) is 1.13. The molecule has 0 radical (unpaired) electrons. The smallest absolute Gasteiger partial charge is 0.311 e. The summed E-state index contributed by atoms with van der Waals surface area (Å²) in [6.45, 7) is 10.5. The van der Waals surface area contributed by atoms with Crippen LogP contribution in [0.1, 0.15) is 47.5 Å². The molecule has 0 spiro atoms. The Morgan fingerprint density at radius 3 is 2.36 bits per heavy atom. The maximum atomic E-state index is 11.5. The van der Waals surface area contributed by atoms with Crippen LogP contribution < -0.4 is 0 Å². The summed E-state index contributed by atoms with van der Waals surface area (Å²) in [5, 5.41) is 0. The number of carbonyl (C=O) groups excluding carboxylic acids is 1. The van der Waals surface area contributed by atoms with Crippen LogP contribution in [0.4, 0.5) is 0 Å². The minimum absolute atomic E-state index is 0.0295. The van der Waals surface area contributed by atoms with Crippen molar-refractivity contribution < 1.29 is 9.53 Å². The predicted octanol–water partition coefficient (Wildman–Crippen LogP) is 3.01. The van der Waals surface area contributed by atoms with Gasteiger partial charge in [0.15, 0.2) is 0 Å². The largest absolute Gasteiger partial charge is 0.462 e. The third-order valence-electron chi connectivity index (χ3n) is 3.00. The fourth-order valence-electron chi connectivity index (χ4n) is 2.14. The molecule has 0 amide bonds. The lowest BCUT2D eigenvalue weighted by atomic mass is 9.84. The summed E-state index contributed by atoms with van der Waals surface area (Å²) >= 11 is 0. The Labute approximate surface area is 87.0 Å². The van der Waals surface area contributed by atoms with Gasteiger partial charge in [0.05, 0.1) is 5.41 Å². The topological polar surface area (TPSA) is 26.3 Å². The van der Waals surface area contributed by atoms with Gasteiger partial charge >= 0.3 is 5.97 Å².